The van der Waals surface area contributed by atoms with E-state index in [2.05, 4.69) is 10.2 Å². The molecule has 0 bridgehead atoms. The minimum Gasteiger partial charge on any atom is -0.383 e. The topological polar surface area (TPSA) is 65.1 Å². The van der Waals surface area contributed by atoms with Gasteiger partial charge < -0.3 is 19.9 Å². The van der Waals surface area contributed by atoms with Crippen molar-refractivity contribution in [3.05, 3.63) is 29.8 Å². The Balaban J connectivity index is 1.46. The molecular formula is C23H34N4O3. The minimum atomic E-state index is -0.311. The molecule has 1 aromatic carbocycles. The predicted molar refractivity (Wildman–Crippen MR) is 116 cm³/mol. The fraction of sp³-hybridized carbons (Fsp3) is 0.652. The first kappa shape index (κ1) is 21.1. The molecule has 0 radical (unpaired) electrons. The number of nitrogens with one attached hydrogen (secondary N) is 1. The largest absolute Gasteiger partial charge is 0.383 e. The molecule has 3 amide bonds. The van der Waals surface area contributed by atoms with Gasteiger partial charge in [0.2, 0.25) is 5.91 Å². The first-order valence-electron chi connectivity index (χ1n) is 11.0. The second-order valence-corrected chi connectivity index (χ2v) is 9.33. The number of likely N-dealkylation sites (tertiary alicyclic amines) is 3. The molecule has 1 N–H and O–H groups in total. The maximum absolute atomic E-state index is 13.3. The molecule has 4 rings (SSSR count). The molecule has 3 aliphatic rings. The summed E-state index contributed by atoms with van der Waals surface area (Å²) in [5.41, 5.74) is 1.63. The molecule has 0 aromatic heterocycles. The van der Waals surface area contributed by atoms with Gasteiger partial charge in [-0.1, -0.05) is 17.7 Å². The Labute approximate surface area is 179 Å². The number of hydrogen-bond acceptors (Lipinski definition) is 4. The van der Waals surface area contributed by atoms with Gasteiger partial charge in [-0.3, -0.25) is 9.69 Å². The number of anilines is 1. The van der Waals surface area contributed by atoms with Gasteiger partial charge in [-0.25, -0.2) is 4.79 Å². The summed E-state index contributed by atoms with van der Waals surface area (Å²) in [7, 11) is 3.65. The van der Waals surface area contributed by atoms with Crippen molar-refractivity contribution < 1.29 is 14.3 Å². The van der Waals surface area contributed by atoms with E-state index < -0.39 is 0 Å². The van der Waals surface area contributed by atoms with Crippen LogP contribution in [0.15, 0.2) is 24.3 Å². The highest BCUT2D eigenvalue weighted by Gasteiger charge is 2.64. The molecule has 0 saturated carbocycles. The molecule has 3 heterocycles. The fourth-order valence-corrected chi connectivity index (χ4v) is 5.75. The van der Waals surface area contributed by atoms with E-state index in [1.54, 1.807) is 7.11 Å². The Hall–Kier alpha value is -2.12. The summed E-state index contributed by atoms with van der Waals surface area (Å²) in [6, 6.07) is 7.82. The first-order valence-corrected chi connectivity index (χ1v) is 11.0. The average Bonchev–Trinajstić information content (AvgIpc) is 3.21. The molecule has 7 nitrogen and oxygen atoms in total. The van der Waals surface area contributed by atoms with Crippen LogP contribution in [-0.2, 0) is 9.53 Å². The van der Waals surface area contributed by atoms with Gasteiger partial charge in [0.15, 0.2) is 0 Å². The van der Waals surface area contributed by atoms with Crippen LogP contribution < -0.4 is 5.32 Å². The number of fused-ring (bicyclic) bond motifs is 1. The van der Waals surface area contributed by atoms with Crippen LogP contribution in [0, 0.1) is 17.8 Å². The maximum Gasteiger partial charge on any atom is 0.321 e. The number of nitrogens with zero attached hydrogens (tertiary/aromatic N) is 3. The number of amides is 3. The summed E-state index contributed by atoms with van der Waals surface area (Å²) in [6.07, 6.45) is 2.66. The summed E-state index contributed by atoms with van der Waals surface area (Å²) in [4.78, 5) is 32.3. The van der Waals surface area contributed by atoms with E-state index in [0.29, 0.717) is 25.6 Å². The maximum atomic E-state index is 13.3. The van der Waals surface area contributed by atoms with Crippen molar-refractivity contribution in [1.82, 2.24) is 14.7 Å². The average molecular weight is 415 g/mol. The number of piperidine rings is 1. The van der Waals surface area contributed by atoms with Gasteiger partial charge in [0.05, 0.1) is 12.0 Å². The van der Waals surface area contributed by atoms with Crippen LogP contribution in [0.3, 0.4) is 0 Å². The molecule has 1 atom stereocenters. The number of aryl methyl sites for hydroxylation is 1. The van der Waals surface area contributed by atoms with Crippen LogP contribution >= 0.6 is 0 Å². The number of rotatable bonds is 4. The van der Waals surface area contributed by atoms with Crippen LogP contribution in [0.1, 0.15) is 24.8 Å². The van der Waals surface area contributed by atoms with Crippen molar-refractivity contribution in [2.75, 3.05) is 65.3 Å². The van der Waals surface area contributed by atoms with Gasteiger partial charge >= 0.3 is 6.03 Å². The highest BCUT2D eigenvalue weighted by molar-refractivity contribution is 5.89. The minimum absolute atomic E-state index is 0.0492. The zero-order valence-electron chi connectivity index (χ0n) is 18.4. The number of carbonyl (C=O) groups is 2. The van der Waals surface area contributed by atoms with E-state index >= 15 is 0 Å². The Kier molecular flexibility index (Phi) is 5.77. The molecule has 30 heavy (non-hydrogen) atoms. The molecule has 3 fully saturated rings. The Morgan fingerprint density at radius 2 is 1.80 bits per heavy atom. The van der Waals surface area contributed by atoms with Gasteiger partial charge in [0.25, 0.3) is 0 Å². The number of hydrogen-bond donors (Lipinski definition) is 1. The number of benzene rings is 1. The van der Waals surface area contributed by atoms with Crippen molar-refractivity contribution in [2.24, 2.45) is 10.8 Å². The van der Waals surface area contributed by atoms with Crippen LogP contribution in [0.2, 0.25) is 0 Å². The smallest absolute Gasteiger partial charge is 0.321 e. The lowest BCUT2D eigenvalue weighted by molar-refractivity contribution is -0.141. The van der Waals surface area contributed by atoms with Crippen molar-refractivity contribution in [3.63, 3.8) is 0 Å². The Morgan fingerprint density at radius 3 is 2.40 bits per heavy atom. The van der Waals surface area contributed by atoms with Crippen molar-refractivity contribution >= 4 is 17.6 Å². The lowest BCUT2D eigenvalue weighted by Crippen LogP contribution is -2.54. The highest BCUT2D eigenvalue weighted by Crippen LogP contribution is 2.57. The Bertz CT molecular complexity index is 788. The third kappa shape index (κ3) is 3.58. The van der Waals surface area contributed by atoms with Gasteiger partial charge in [-0.05, 0) is 38.3 Å². The molecule has 0 unspecified atom stereocenters. The molecular weight excluding hydrogens is 380 g/mol. The molecule has 2 spiro atoms. The normalized spacial score (nSPS) is 26.2. The van der Waals surface area contributed by atoms with E-state index in [4.69, 9.17) is 4.74 Å². The predicted octanol–water partition coefficient (Wildman–Crippen LogP) is 2.42. The molecule has 0 aliphatic carbocycles. The third-order valence-corrected chi connectivity index (χ3v) is 7.59. The fourth-order valence-electron chi connectivity index (χ4n) is 5.75. The number of ether oxygens (including phenoxy) is 1. The summed E-state index contributed by atoms with van der Waals surface area (Å²) < 4.78 is 5.29. The number of urea groups is 1. The van der Waals surface area contributed by atoms with E-state index in [9.17, 15) is 9.59 Å². The lowest BCUT2D eigenvalue weighted by Gasteiger charge is -2.46. The molecule has 3 saturated heterocycles. The van der Waals surface area contributed by atoms with Crippen LogP contribution in [0.5, 0.6) is 0 Å². The van der Waals surface area contributed by atoms with E-state index in [1.165, 1.54) is 5.56 Å². The number of carbonyl (C=O) groups excluding carboxylic acids is 2. The van der Waals surface area contributed by atoms with Crippen LogP contribution in [0.4, 0.5) is 10.5 Å². The zero-order chi connectivity index (χ0) is 21.4. The van der Waals surface area contributed by atoms with Gasteiger partial charge in [-0.2, -0.15) is 0 Å². The second kappa shape index (κ2) is 8.19. The van der Waals surface area contributed by atoms with Crippen molar-refractivity contribution in [1.29, 1.82) is 0 Å². The van der Waals surface area contributed by atoms with Crippen LogP contribution in [-0.4, -0.2) is 86.7 Å². The monoisotopic (exact) mass is 414 g/mol. The van der Waals surface area contributed by atoms with Crippen molar-refractivity contribution in [3.8, 4) is 0 Å². The molecule has 3 aliphatic heterocycles. The third-order valence-electron chi connectivity index (χ3n) is 7.59. The van der Waals surface area contributed by atoms with E-state index in [1.807, 2.05) is 48.0 Å². The van der Waals surface area contributed by atoms with Gasteiger partial charge in [-0.15, -0.1) is 0 Å². The van der Waals surface area contributed by atoms with Gasteiger partial charge in [0, 0.05) is 64.5 Å². The SMILES string of the molecule is COCCN1CC2(CCN(C(=O)Nc3ccc(C)cc3)CC2)[C@@]2(CCN(C)C2=O)C1. The van der Waals surface area contributed by atoms with Gasteiger partial charge in [0.1, 0.15) is 0 Å². The molecule has 7 heteroatoms. The van der Waals surface area contributed by atoms with E-state index in [0.717, 1.165) is 51.1 Å². The second-order valence-electron chi connectivity index (χ2n) is 9.33. The molecule has 1 aromatic rings. The summed E-state index contributed by atoms with van der Waals surface area (Å²) in [5, 5.41) is 3.02. The lowest BCUT2D eigenvalue weighted by atomic mass is 9.60. The van der Waals surface area contributed by atoms with Crippen LogP contribution in [0.25, 0.3) is 0 Å². The number of methoxy groups -OCH3 is 1. The Morgan fingerprint density at radius 1 is 1.10 bits per heavy atom. The van der Waals surface area contributed by atoms with Crippen molar-refractivity contribution in [2.45, 2.75) is 26.2 Å². The summed E-state index contributed by atoms with van der Waals surface area (Å²) in [5.74, 6) is 0.292. The zero-order valence-corrected chi connectivity index (χ0v) is 18.4. The summed E-state index contributed by atoms with van der Waals surface area (Å²) >= 11 is 0. The quantitative estimate of drug-likeness (QED) is 0.822. The summed E-state index contributed by atoms with van der Waals surface area (Å²) in [6.45, 7) is 7.51. The molecule has 164 valence electrons. The first-order chi connectivity index (χ1) is 14.4. The highest BCUT2D eigenvalue weighted by atomic mass is 16.5. The van der Waals surface area contributed by atoms with E-state index in [-0.39, 0.29) is 16.9 Å². The standard InChI is InChI=1S/C23H34N4O3/c1-18-4-6-19(7-5-18)24-21(29)27-12-8-22(9-13-27)16-26(14-15-30-3)17-23(22)10-11-25(2)20(23)28/h4-7H,8-17H2,1-3H3,(H,24,29)/t23-/m0/s1.